The quantitative estimate of drug-likeness (QED) is 0.657. The van der Waals surface area contributed by atoms with Crippen molar-refractivity contribution in [3.63, 3.8) is 0 Å². The SMILES string of the molecule is COc1ccc(CNc2ccnc(N(C)Cc3ccccc3)n2)cc1OC. The van der Waals surface area contributed by atoms with Crippen LogP contribution in [0.4, 0.5) is 11.8 Å². The Bertz CT molecular complexity index is 871. The van der Waals surface area contributed by atoms with Gasteiger partial charge in [-0.15, -0.1) is 0 Å². The number of ether oxygens (including phenoxy) is 2. The molecular formula is C21H24N4O2. The summed E-state index contributed by atoms with van der Waals surface area (Å²) in [4.78, 5) is 11.0. The van der Waals surface area contributed by atoms with Crippen LogP contribution in [0.2, 0.25) is 0 Å². The van der Waals surface area contributed by atoms with Gasteiger partial charge in [-0.05, 0) is 29.3 Å². The van der Waals surface area contributed by atoms with E-state index in [0.29, 0.717) is 24.0 Å². The minimum atomic E-state index is 0.624. The van der Waals surface area contributed by atoms with Crippen LogP contribution in [0.3, 0.4) is 0 Å². The molecule has 0 saturated heterocycles. The molecular weight excluding hydrogens is 340 g/mol. The minimum Gasteiger partial charge on any atom is -0.493 e. The largest absolute Gasteiger partial charge is 0.493 e. The van der Waals surface area contributed by atoms with E-state index in [-0.39, 0.29) is 0 Å². The number of methoxy groups -OCH3 is 2. The van der Waals surface area contributed by atoms with Crippen LogP contribution in [0.5, 0.6) is 11.5 Å². The van der Waals surface area contributed by atoms with Gasteiger partial charge in [-0.2, -0.15) is 4.98 Å². The molecule has 0 spiro atoms. The fourth-order valence-electron chi connectivity index (χ4n) is 2.74. The lowest BCUT2D eigenvalue weighted by Gasteiger charge is -2.18. The molecule has 3 rings (SSSR count). The second kappa shape index (κ2) is 8.89. The predicted molar refractivity (Wildman–Crippen MR) is 107 cm³/mol. The van der Waals surface area contributed by atoms with Gasteiger partial charge in [0.2, 0.25) is 5.95 Å². The average Bonchev–Trinajstić information content (AvgIpc) is 2.73. The van der Waals surface area contributed by atoms with Gasteiger partial charge in [0.05, 0.1) is 14.2 Å². The Kier molecular flexibility index (Phi) is 6.10. The molecule has 1 aromatic heterocycles. The van der Waals surface area contributed by atoms with Crippen LogP contribution >= 0.6 is 0 Å². The van der Waals surface area contributed by atoms with Gasteiger partial charge in [0.1, 0.15) is 5.82 Å². The molecule has 0 radical (unpaired) electrons. The van der Waals surface area contributed by atoms with Crippen LogP contribution in [0.15, 0.2) is 60.8 Å². The monoisotopic (exact) mass is 364 g/mol. The Balaban J connectivity index is 1.65. The Labute approximate surface area is 159 Å². The van der Waals surface area contributed by atoms with Crippen molar-refractivity contribution in [2.45, 2.75) is 13.1 Å². The number of hydrogen-bond acceptors (Lipinski definition) is 6. The highest BCUT2D eigenvalue weighted by Gasteiger charge is 2.08. The molecule has 27 heavy (non-hydrogen) atoms. The average molecular weight is 364 g/mol. The molecule has 0 unspecified atom stereocenters. The van der Waals surface area contributed by atoms with Crippen molar-refractivity contribution >= 4 is 11.8 Å². The standard InChI is InChI=1S/C21H24N4O2/c1-25(15-16-7-5-4-6-8-16)21-22-12-11-20(24-21)23-14-17-9-10-18(26-2)19(13-17)27-3/h4-13H,14-15H2,1-3H3,(H,22,23,24). The van der Waals surface area contributed by atoms with Crippen molar-refractivity contribution in [3.8, 4) is 11.5 Å². The second-order valence-electron chi connectivity index (χ2n) is 6.13. The third-order valence-corrected chi connectivity index (χ3v) is 4.17. The van der Waals surface area contributed by atoms with Crippen LogP contribution in [-0.2, 0) is 13.1 Å². The summed E-state index contributed by atoms with van der Waals surface area (Å²) in [5.74, 6) is 2.88. The molecule has 6 nitrogen and oxygen atoms in total. The highest BCUT2D eigenvalue weighted by atomic mass is 16.5. The zero-order chi connectivity index (χ0) is 19.1. The maximum Gasteiger partial charge on any atom is 0.227 e. The smallest absolute Gasteiger partial charge is 0.227 e. The van der Waals surface area contributed by atoms with Crippen molar-refractivity contribution in [1.29, 1.82) is 0 Å². The van der Waals surface area contributed by atoms with Crippen LogP contribution < -0.4 is 19.7 Å². The van der Waals surface area contributed by atoms with Crippen molar-refractivity contribution < 1.29 is 9.47 Å². The molecule has 1 N–H and O–H groups in total. The third-order valence-electron chi connectivity index (χ3n) is 4.17. The van der Waals surface area contributed by atoms with E-state index in [0.717, 1.165) is 17.9 Å². The van der Waals surface area contributed by atoms with E-state index in [1.165, 1.54) is 5.56 Å². The fourth-order valence-corrected chi connectivity index (χ4v) is 2.74. The van der Waals surface area contributed by atoms with E-state index in [2.05, 4.69) is 27.4 Å². The van der Waals surface area contributed by atoms with Gasteiger partial charge < -0.3 is 19.7 Å². The molecule has 1 heterocycles. The molecule has 2 aromatic carbocycles. The summed E-state index contributed by atoms with van der Waals surface area (Å²) in [6.45, 7) is 1.37. The molecule has 140 valence electrons. The van der Waals surface area contributed by atoms with Gasteiger partial charge in [0.25, 0.3) is 0 Å². The van der Waals surface area contributed by atoms with Crippen LogP contribution in [0.25, 0.3) is 0 Å². The summed E-state index contributed by atoms with van der Waals surface area (Å²) in [5, 5.41) is 3.33. The van der Waals surface area contributed by atoms with Crippen LogP contribution in [0.1, 0.15) is 11.1 Å². The topological polar surface area (TPSA) is 59.5 Å². The Morgan fingerprint density at radius 1 is 0.926 bits per heavy atom. The highest BCUT2D eigenvalue weighted by Crippen LogP contribution is 2.27. The summed E-state index contributed by atoms with van der Waals surface area (Å²) < 4.78 is 10.6. The van der Waals surface area contributed by atoms with Gasteiger partial charge in [-0.25, -0.2) is 4.98 Å². The lowest BCUT2D eigenvalue weighted by Crippen LogP contribution is -2.19. The van der Waals surface area contributed by atoms with E-state index >= 15 is 0 Å². The lowest BCUT2D eigenvalue weighted by atomic mass is 10.2. The number of nitrogens with zero attached hydrogens (tertiary/aromatic N) is 3. The Hall–Kier alpha value is -3.28. The van der Waals surface area contributed by atoms with Crippen LogP contribution in [-0.4, -0.2) is 31.2 Å². The van der Waals surface area contributed by atoms with Gasteiger partial charge in [-0.3, -0.25) is 0 Å². The first-order chi connectivity index (χ1) is 13.2. The van der Waals surface area contributed by atoms with E-state index in [1.54, 1.807) is 20.4 Å². The molecule has 0 aliphatic heterocycles. The molecule has 0 bridgehead atoms. The van der Waals surface area contributed by atoms with Gasteiger partial charge in [0.15, 0.2) is 11.5 Å². The van der Waals surface area contributed by atoms with Gasteiger partial charge in [-0.1, -0.05) is 36.4 Å². The first-order valence-corrected chi connectivity index (χ1v) is 8.72. The summed E-state index contributed by atoms with van der Waals surface area (Å²) in [5.41, 5.74) is 2.29. The maximum absolute atomic E-state index is 5.35. The highest BCUT2D eigenvalue weighted by molar-refractivity contribution is 5.45. The van der Waals surface area contributed by atoms with Crippen molar-refractivity contribution in [2.24, 2.45) is 0 Å². The van der Waals surface area contributed by atoms with Crippen LogP contribution in [0, 0.1) is 0 Å². The third kappa shape index (κ3) is 4.88. The lowest BCUT2D eigenvalue weighted by molar-refractivity contribution is 0.354. The normalized spacial score (nSPS) is 10.3. The number of nitrogens with one attached hydrogen (secondary N) is 1. The van der Waals surface area contributed by atoms with Crippen molar-refractivity contribution in [1.82, 2.24) is 9.97 Å². The Morgan fingerprint density at radius 3 is 2.44 bits per heavy atom. The number of aromatic nitrogens is 2. The molecule has 3 aromatic rings. The molecule has 0 aliphatic rings. The van der Waals surface area contributed by atoms with E-state index in [1.807, 2.05) is 54.4 Å². The summed E-state index contributed by atoms with van der Waals surface area (Å²) in [6, 6.07) is 18.0. The molecule has 0 amide bonds. The number of rotatable bonds is 8. The fraction of sp³-hybridized carbons (Fsp3) is 0.238. The molecule has 0 atom stereocenters. The first kappa shape index (κ1) is 18.5. The number of benzene rings is 2. The van der Waals surface area contributed by atoms with E-state index < -0.39 is 0 Å². The van der Waals surface area contributed by atoms with Crippen molar-refractivity contribution in [2.75, 3.05) is 31.5 Å². The molecule has 0 fully saturated rings. The molecule has 0 aliphatic carbocycles. The maximum atomic E-state index is 5.35. The number of hydrogen-bond donors (Lipinski definition) is 1. The minimum absolute atomic E-state index is 0.624. The van der Waals surface area contributed by atoms with E-state index in [9.17, 15) is 0 Å². The first-order valence-electron chi connectivity index (χ1n) is 8.72. The van der Waals surface area contributed by atoms with Gasteiger partial charge in [0, 0.05) is 26.3 Å². The summed E-state index contributed by atoms with van der Waals surface area (Å²) in [7, 11) is 5.25. The molecule has 6 heteroatoms. The predicted octanol–water partition coefficient (Wildman–Crippen LogP) is 3.74. The number of anilines is 2. The summed E-state index contributed by atoms with van der Waals surface area (Å²) in [6.07, 6.45) is 1.76. The van der Waals surface area contributed by atoms with Gasteiger partial charge >= 0.3 is 0 Å². The zero-order valence-electron chi connectivity index (χ0n) is 15.8. The van der Waals surface area contributed by atoms with E-state index in [4.69, 9.17) is 9.47 Å². The summed E-state index contributed by atoms with van der Waals surface area (Å²) >= 11 is 0. The Morgan fingerprint density at radius 2 is 1.70 bits per heavy atom. The molecule has 0 saturated carbocycles. The van der Waals surface area contributed by atoms with Crippen molar-refractivity contribution in [3.05, 3.63) is 71.9 Å². The second-order valence-corrected chi connectivity index (χ2v) is 6.13. The zero-order valence-corrected chi connectivity index (χ0v) is 15.8.